The molecule has 2 aliphatic carbocycles. The SMILES string of the molecule is COc1cc(OC)nc(OC2CCC3(C)CC23C(=O)NC(C)c2ccc(Cl)cc2)n1. The minimum absolute atomic E-state index is 0.00445. The molecule has 0 aliphatic heterocycles. The summed E-state index contributed by atoms with van der Waals surface area (Å²) >= 11 is 5.98. The van der Waals surface area contributed by atoms with Crippen molar-refractivity contribution in [2.24, 2.45) is 10.8 Å². The minimum atomic E-state index is -0.590. The summed E-state index contributed by atoms with van der Waals surface area (Å²) in [6.07, 6.45) is 2.16. The third-order valence-electron chi connectivity index (χ3n) is 6.58. The number of rotatable bonds is 7. The quantitative estimate of drug-likeness (QED) is 0.714. The van der Waals surface area contributed by atoms with Gasteiger partial charge in [0.25, 0.3) is 0 Å². The standard InChI is InChI=1S/C22H26ClN3O4/c1-13(14-5-7-15(23)8-6-14)24-19(27)22-12-21(22,2)10-9-16(22)30-20-25-17(28-3)11-18(26-20)29-4/h5-8,11,13,16H,9-10,12H2,1-4H3,(H,24,27). The van der Waals surface area contributed by atoms with Gasteiger partial charge in [-0.2, -0.15) is 9.97 Å². The molecule has 160 valence electrons. The van der Waals surface area contributed by atoms with E-state index in [1.54, 1.807) is 6.07 Å². The van der Waals surface area contributed by atoms with Gasteiger partial charge in [0.2, 0.25) is 17.7 Å². The Morgan fingerprint density at radius 1 is 1.20 bits per heavy atom. The Morgan fingerprint density at radius 2 is 1.83 bits per heavy atom. The van der Waals surface area contributed by atoms with Crippen LogP contribution in [0.1, 0.15) is 44.7 Å². The number of benzene rings is 1. The van der Waals surface area contributed by atoms with Crippen LogP contribution in [0.3, 0.4) is 0 Å². The molecule has 1 aromatic carbocycles. The van der Waals surface area contributed by atoms with Crippen LogP contribution >= 0.6 is 11.6 Å². The van der Waals surface area contributed by atoms with E-state index in [1.165, 1.54) is 14.2 Å². The average molecular weight is 432 g/mol. The summed E-state index contributed by atoms with van der Waals surface area (Å²) in [4.78, 5) is 21.9. The van der Waals surface area contributed by atoms with Gasteiger partial charge in [0.05, 0.1) is 31.7 Å². The number of amides is 1. The Balaban J connectivity index is 1.53. The summed E-state index contributed by atoms with van der Waals surface area (Å²) in [6.45, 7) is 4.12. The highest BCUT2D eigenvalue weighted by molar-refractivity contribution is 6.30. The van der Waals surface area contributed by atoms with Crippen molar-refractivity contribution >= 4 is 17.5 Å². The number of carbonyl (C=O) groups excluding carboxylic acids is 1. The van der Waals surface area contributed by atoms with Crippen LogP contribution in [-0.2, 0) is 4.79 Å². The van der Waals surface area contributed by atoms with Crippen molar-refractivity contribution in [3.8, 4) is 17.8 Å². The first-order valence-electron chi connectivity index (χ1n) is 10.0. The maximum atomic E-state index is 13.4. The molecule has 0 spiro atoms. The molecule has 1 aromatic heterocycles. The number of methoxy groups -OCH3 is 2. The van der Waals surface area contributed by atoms with Crippen molar-refractivity contribution < 1.29 is 19.0 Å². The van der Waals surface area contributed by atoms with Gasteiger partial charge in [-0.1, -0.05) is 30.7 Å². The molecule has 0 bridgehead atoms. The number of nitrogens with zero attached hydrogens (tertiary/aromatic N) is 2. The molecular formula is C22H26ClN3O4. The van der Waals surface area contributed by atoms with Crippen molar-refractivity contribution in [1.82, 2.24) is 15.3 Å². The number of hydrogen-bond acceptors (Lipinski definition) is 6. The Morgan fingerprint density at radius 3 is 2.40 bits per heavy atom. The lowest BCUT2D eigenvalue weighted by molar-refractivity contribution is -0.131. The predicted molar refractivity (Wildman–Crippen MR) is 112 cm³/mol. The maximum absolute atomic E-state index is 13.4. The van der Waals surface area contributed by atoms with Gasteiger partial charge in [-0.3, -0.25) is 4.79 Å². The van der Waals surface area contributed by atoms with E-state index in [0.717, 1.165) is 24.8 Å². The minimum Gasteiger partial charge on any atom is -0.481 e. The lowest BCUT2D eigenvalue weighted by Gasteiger charge is -2.26. The summed E-state index contributed by atoms with van der Waals surface area (Å²) in [5.41, 5.74) is 0.334. The van der Waals surface area contributed by atoms with E-state index in [0.29, 0.717) is 16.8 Å². The molecule has 0 radical (unpaired) electrons. The summed E-state index contributed by atoms with van der Waals surface area (Å²) < 4.78 is 16.5. The van der Waals surface area contributed by atoms with E-state index in [1.807, 2.05) is 31.2 Å². The first kappa shape index (κ1) is 20.7. The first-order chi connectivity index (χ1) is 14.3. The van der Waals surface area contributed by atoms with E-state index in [-0.39, 0.29) is 29.5 Å². The number of aromatic nitrogens is 2. The van der Waals surface area contributed by atoms with Crippen LogP contribution in [0.25, 0.3) is 0 Å². The van der Waals surface area contributed by atoms with Crippen LogP contribution < -0.4 is 19.5 Å². The largest absolute Gasteiger partial charge is 0.481 e. The molecule has 0 saturated heterocycles. The van der Waals surface area contributed by atoms with Gasteiger partial charge in [0.1, 0.15) is 6.10 Å². The zero-order valence-electron chi connectivity index (χ0n) is 17.6. The lowest BCUT2D eigenvalue weighted by atomic mass is 9.94. The lowest BCUT2D eigenvalue weighted by Crippen LogP contribution is -2.43. The summed E-state index contributed by atoms with van der Waals surface area (Å²) in [5, 5.41) is 3.84. The number of halogens is 1. The summed E-state index contributed by atoms with van der Waals surface area (Å²) in [6, 6.07) is 9.11. The van der Waals surface area contributed by atoms with Gasteiger partial charge in [0, 0.05) is 5.02 Å². The molecule has 7 nitrogen and oxygen atoms in total. The van der Waals surface area contributed by atoms with Crippen molar-refractivity contribution in [2.75, 3.05) is 14.2 Å². The van der Waals surface area contributed by atoms with Gasteiger partial charge in [-0.05, 0) is 49.3 Å². The molecule has 4 rings (SSSR count). The van der Waals surface area contributed by atoms with Crippen LogP contribution in [0.2, 0.25) is 5.02 Å². The molecule has 1 N–H and O–H groups in total. The van der Waals surface area contributed by atoms with E-state index in [4.69, 9.17) is 25.8 Å². The predicted octanol–water partition coefficient (Wildman–Crippen LogP) is 3.96. The molecule has 2 saturated carbocycles. The van der Waals surface area contributed by atoms with Gasteiger partial charge in [0.15, 0.2) is 0 Å². The van der Waals surface area contributed by atoms with E-state index < -0.39 is 5.41 Å². The maximum Gasteiger partial charge on any atom is 0.323 e. The number of carbonyl (C=O) groups is 1. The smallest absolute Gasteiger partial charge is 0.323 e. The zero-order valence-corrected chi connectivity index (χ0v) is 18.3. The highest BCUT2D eigenvalue weighted by Gasteiger charge is 2.77. The van der Waals surface area contributed by atoms with Crippen LogP contribution in [0, 0.1) is 10.8 Å². The molecule has 2 aliphatic rings. The number of fused-ring (bicyclic) bond motifs is 1. The normalized spacial score (nSPS) is 27.7. The number of ether oxygens (including phenoxy) is 3. The molecule has 1 amide bonds. The zero-order chi connectivity index (χ0) is 21.5. The Hall–Kier alpha value is -2.54. The first-order valence-corrected chi connectivity index (χ1v) is 10.4. The van der Waals surface area contributed by atoms with Crippen LogP contribution in [0.4, 0.5) is 0 Å². The van der Waals surface area contributed by atoms with Crippen LogP contribution in [0.15, 0.2) is 30.3 Å². The fraction of sp³-hybridized carbons (Fsp3) is 0.500. The fourth-order valence-corrected chi connectivity index (χ4v) is 4.80. The average Bonchev–Trinajstić information content (AvgIpc) is 3.28. The molecule has 4 unspecified atom stereocenters. The highest BCUT2D eigenvalue weighted by Crippen LogP contribution is 2.73. The molecule has 2 fully saturated rings. The van der Waals surface area contributed by atoms with Gasteiger partial charge < -0.3 is 19.5 Å². The monoisotopic (exact) mass is 431 g/mol. The topological polar surface area (TPSA) is 82.6 Å². The van der Waals surface area contributed by atoms with Gasteiger partial charge in [-0.15, -0.1) is 0 Å². The third-order valence-corrected chi connectivity index (χ3v) is 6.83. The fourth-order valence-electron chi connectivity index (χ4n) is 4.67. The molecule has 8 heteroatoms. The summed E-state index contributed by atoms with van der Waals surface area (Å²) in [5.74, 6) is 0.705. The van der Waals surface area contributed by atoms with E-state index in [2.05, 4.69) is 22.2 Å². The Kier molecular flexibility index (Phi) is 5.26. The van der Waals surface area contributed by atoms with Crippen LogP contribution in [0.5, 0.6) is 17.8 Å². The molecule has 4 atom stereocenters. The Bertz CT molecular complexity index is 932. The van der Waals surface area contributed by atoms with Gasteiger partial charge in [-0.25, -0.2) is 0 Å². The second kappa shape index (κ2) is 7.61. The van der Waals surface area contributed by atoms with Crippen molar-refractivity contribution in [2.45, 2.75) is 45.3 Å². The van der Waals surface area contributed by atoms with Crippen molar-refractivity contribution in [1.29, 1.82) is 0 Å². The van der Waals surface area contributed by atoms with E-state index in [9.17, 15) is 4.79 Å². The second-order valence-corrected chi connectivity index (χ2v) is 8.77. The van der Waals surface area contributed by atoms with E-state index >= 15 is 0 Å². The van der Waals surface area contributed by atoms with Crippen molar-refractivity contribution in [3.63, 3.8) is 0 Å². The third kappa shape index (κ3) is 3.45. The highest BCUT2D eigenvalue weighted by atomic mass is 35.5. The summed E-state index contributed by atoms with van der Waals surface area (Å²) in [7, 11) is 3.04. The molecular weight excluding hydrogens is 406 g/mol. The van der Waals surface area contributed by atoms with Crippen LogP contribution in [-0.4, -0.2) is 36.2 Å². The van der Waals surface area contributed by atoms with Gasteiger partial charge >= 0.3 is 6.01 Å². The molecule has 2 aromatic rings. The molecule has 1 heterocycles. The second-order valence-electron chi connectivity index (χ2n) is 8.34. The number of hydrogen-bond donors (Lipinski definition) is 1. The molecule has 30 heavy (non-hydrogen) atoms. The number of nitrogens with one attached hydrogen (secondary N) is 1. The Labute approximate surface area is 181 Å². The van der Waals surface area contributed by atoms with Crippen molar-refractivity contribution in [3.05, 3.63) is 40.9 Å².